The molecule has 0 saturated carbocycles. The monoisotopic (exact) mass is 248 g/mol. The fourth-order valence-corrected chi connectivity index (χ4v) is 2.92. The van der Waals surface area contributed by atoms with E-state index >= 15 is 0 Å². The van der Waals surface area contributed by atoms with E-state index in [1.54, 1.807) is 0 Å². The molecule has 1 heterocycles. The molecule has 92 valence electrons. The number of nitrogens with zero attached hydrogens (tertiary/aromatic N) is 1. The Kier molecular flexibility index (Phi) is 4.49. The van der Waals surface area contributed by atoms with Gasteiger partial charge in [0.05, 0.1) is 0 Å². The molecule has 1 aromatic rings. The fraction of sp³-hybridized carbons (Fsp3) is 0.500. The van der Waals surface area contributed by atoms with Crippen molar-refractivity contribution in [2.24, 2.45) is 10.9 Å². The van der Waals surface area contributed by atoms with Crippen LogP contribution in [0.1, 0.15) is 19.4 Å². The molecule has 2 unspecified atom stereocenters. The van der Waals surface area contributed by atoms with Crippen molar-refractivity contribution in [1.29, 1.82) is 0 Å². The second-order valence-electron chi connectivity index (χ2n) is 4.64. The largest absolute Gasteiger partial charge is 0.362 e. The van der Waals surface area contributed by atoms with Gasteiger partial charge in [-0.3, -0.25) is 4.99 Å². The number of thioether (sulfide) groups is 1. The Balaban J connectivity index is 1.81. The van der Waals surface area contributed by atoms with Crippen LogP contribution in [-0.4, -0.2) is 23.5 Å². The van der Waals surface area contributed by atoms with E-state index in [4.69, 9.17) is 0 Å². The van der Waals surface area contributed by atoms with E-state index < -0.39 is 0 Å². The van der Waals surface area contributed by atoms with Gasteiger partial charge in [0, 0.05) is 18.3 Å². The lowest BCUT2D eigenvalue weighted by atomic mass is 10.1. The van der Waals surface area contributed by atoms with Gasteiger partial charge in [0.15, 0.2) is 5.17 Å². The molecule has 0 radical (unpaired) electrons. The SMILES string of the molecule is CC1CSC(=NCCc2ccccc2)NC1C. The molecule has 2 atom stereocenters. The Morgan fingerprint density at radius 1 is 1.29 bits per heavy atom. The fourth-order valence-electron chi connectivity index (χ4n) is 1.76. The van der Waals surface area contributed by atoms with E-state index in [1.165, 1.54) is 11.3 Å². The minimum Gasteiger partial charge on any atom is -0.362 e. The summed E-state index contributed by atoms with van der Waals surface area (Å²) < 4.78 is 0. The van der Waals surface area contributed by atoms with E-state index in [0.717, 1.165) is 24.1 Å². The van der Waals surface area contributed by atoms with E-state index in [2.05, 4.69) is 54.5 Å². The van der Waals surface area contributed by atoms with Crippen molar-refractivity contribution in [3.8, 4) is 0 Å². The quantitative estimate of drug-likeness (QED) is 0.889. The third-order valence-corrected chi connectivity index (χ3v) is 4.40. The van der Waals surface area contributed by atoms with Gasteiger partial charge in [0.25, 0.3) is 0 Å². The van der Waals surface area contributed by atoms with Gasteiger partial charge >= 0.3 is 0 Å². The summed E-state index contributed by atoms with van der Waals surface area (Å²) >= 11 is 1.85. The second kappa shape index (κ2) is 6.10. The van der Waals surface area contributed by atoms with Crippen molar-refractivity contribution in [1.82, 2.24) is 5.32 Å². The first kappa shape index (κ1) is 12.5. The number of hydrogen-bond donors (Lipinski definition) is 1. The third-order valence-electron chi connectivity index (χ3n) is 3.19. The Morgan fingerprint density at radius 3 is 2.76 bits per heavy atom. The summed E-state index contributed by atoms with van der Waals surface area (Å²) in [4.78, 5) is 4.63. The molecule has 3 heteroatoms. The lowest BCUT2D eigenvalue weighted by Gasteiger charge is -2.28. The summed E-state index contributed by atoms with van der Waals surface area (Å²) in [5.74, 6) is 1.91. The Labute approximate surface area is 108 Å². The van der Waals surface area contributed by atoms with Crippen LogP contribution in [0.4, 0.5) is 0 Å². The van der Waals surface area contributed by atoms with Crippen molar-refractivity contribution in [3.05, 3.63) is 35.9 Å². The lowest BCUT2D eigenvalue weighted by Crippen LogP contribution is -2.41. The minimum atomic E-state index is 0.548. The van der Waals surface area contributed by atoms with Crippen molar-refractivity contribution in [2.45, 2.75) is 26.3 Å². The Hall–Kier alpha value is -0.960. The molecular weight excluding hydrogens is 228 g/mol. The number of nitrogens with one attached hydrogen (secondary N) is 1. The van der Waals surface area contributed by atoms with E-state index in [9.17, 15) is 0 Å². The maximum atomic E-state index is 4.63. The predicted molar refractivity (Wildman–Crippen MR) is 76.7 cm³/mol. The van der Waals surface area contributed by atoms with Gasteiger partial charge < -0.3 is 5.32 Å². The molecule has 1 aliphatic rings. The van der Waals surface area contributed by atoms with Crippen LogP contribution in [0.3, 0.4) is 0 Å². The molecule has 0 aromatic heterocycles. The molecule has 1 aliphatic heterocycles. The van der Waals surface area contributed by atoms with Crippen molar-refractivity contribution in [3.63, 3.8) is 0 Å². The summed E-state index contributed by atoms with van der Waals surface area (Å²) in [6, 6.07) is 11.1. The van der Waals surface area contributed by atoms with Crippen LogP contribution in [0, 0.1) is 5.92 Å². The number of amidine groups is 1. The maximum Gasteiger partial charge on any atom is 0.156 e. The van der Waals surface area contributed by atoms with Crippen LogP contribution in [0.2, 0.25) is 0 Å². The van der Waals surface area contributed by atoms with Crippen molar-refractivity contribution in [2.75, 3.05) is 12.3 Å². The number of aliphatic imine (C=N–C) groups is 1. The first-order chi connectivity index (χ1) is 8.25. The molecule has 0 bridgehead atoms. The molecule has 0 amide bonds. The molecule has 17 heavy (non-hydrogen) atoms. The number of rotatable bonds is 3. The summed E-state index contributed by atoms with van der Waals surface area (Å²) in [7, 11) is 0. The molecular formula is C14H20N2S. The summed E-state index contributed by atoms with van der Waals surface area (Å²) in [6.45, 7) is 5.39. The van der Waals surface area contributed by atoms with Gasteiger partial charge in [-0.25, -0.2) is 0 Å². The summed E-state index contributed by atoms with van der Waals surface area (Å²) in [5.41, 5.74) is 1.36. The smallest absolute Gasteiger partial charge is 0.156 e. The molecule has 0 spiro atoms. The van der Waals surface area contributed by atoms with Gasteiger partial charge in [-0.2, -0.15) is 0 Å². The maximum absolute atomic E-state index is 4.63. The van der Waals surface area contributed by atoms with Crippen LogP contribution in [0.5, 0.6) is 0 Å². The Bertz CT molecular complexity index is 375. The van der Waals surface area contributed by atoms with Crippen LogP contribution >= 0.6 is 11.8 Å². The van der Waals surface area contributed by atoms with Gasteiger partial charge in [-0.15, -0.1) is 0 Å². The van der Waals surface area contributed by atoms with Gasteiger partial charge in [0.1, 0.15) is 0 Å². The molecule has 2 nitrogen and oxygen atoms in total. The highest BCUT2D eigenvalue weighted by molar-refractivity contribution is 8.13. The van der Waals surface area contributed by atoms with Crippen molar-refractivity contribution >= 4 is 16.9 Å². The van der Waals surface area contributed by atoms with Crippen LogP contribution < -0.4 is 5.32 Å². The van der Waals surface area contributed by atoms with Crippen LogP contribution in [0.25, 0.3) is 0 Å². The van der Waals surface area contributed by atoms with Crippen LogP contribution in [-0.2, 0) is 6.42 Å². The highest BCUT2D eigenvalue weighted by Crippen LogP contribution is 2.19. The van der Waals surface area contributed by atoms with E-state index in [0.29, 0.717) is 6.04 Å². The molecule has 1 N–H and O–H groups in total. The zero-order valence-electron chi connectivity index (χ0n) is 10.5. The standard InChI is InChI=1S/C14H20N2S/c1-11-10-17-14(16-12(11)2)15-9-8-13-6-4-3-5-7-13/h3-7,11-12H,8-10H2,1-2H3,(H,15,16). The molecule has 2 rings (SSSR count). The number of benzene rings is 1. The normalized spacial score (nSPS) is 26.8. The minimum absolute atomic E-state index is 0.548. The highest BCUT2D eigenvalue weighted by Gasteiger charge is 2.20. The zero-order chi connectivity index (χ0) is 12.1. The van der Waals surface area contributed by atoms with Gasteiger partial charge in [-0.1, -0.05) is 49.0 Å². The Morgan fingerprint density at radius 2 is 2.06 bits per heavy atom. The second-order valence-corrected chi connectivity index (χ2v) is 5.65. The molecule has 1 aromatic carbocycles. The van der Waals surface area contributed by atoms with E-state index in [1.807, 2.05) is 11.8 Å². The predicted octanol–water partition coefficient (Wildman–Crippen LogP) is 2.95. The lowest BCUT2D eigenvalue weighted by molar-refractivity contribution is 0.490. The average Bonchev–Trinajstić information content (AvgIpc) is 2.35. The molecule has 1 saturated heterocycles. The first-order valence-electron chi connectivity index (χ1n) is 6.23. The van der Waals surface area contributed by atoms with Crippen LogP contribution in [0.15, 0.2) is 35.3 Å². The zero-order valence-corrected chi connectivity index (χ0v) is 11.3. The molecule has 1 fully saturated rings. The average molecular weight is 248 g/mol. The van der Waals surface area contributed by atoms with Gasteiger partial charge in [0.2, 0.25) is 0 Å². The van der Waals surface area contributed by atoms with E-state index in [-0.39, 0.29) is 0 Å². The highest BCUT2D eigenvalue weighted by atomic mass is 32.2. The number of hydrogen-bond acceptors (Lipinski definition) is 2. The topological polar surface area (TPSA) is 24.4 Å². The third kappa shape index (κ3) is 3.77. The molecule has 0 aliphatic carbocycles. The van der Waals surface area contributed by atoms with Crippen molar-refractivity contribution < 1.29 is 0 Å². The summed E-state index contributed by atoms with van der Waals surface area (Å²) in [5, 5.41) is 4.58. The van der Waals surface area contributed by atoms with Gasteiger partial charge in [-0.05, 0) is 24.8 Å². The summed E-state index contributed by atoms with van der Waals surface area (Å²) in [6.07, 6.45) is 1.02. The first-order valence-corrected chi connectivity index (χ1v) is 7.22.